The molecule has 19 heavy (non-hydrogen) atoms. The van der Waals surface area contributed by atoms with Crippen molar-refractivity contribution < 1.29 is 4.74 Å². The second kappa shape index (κ2) is 5.95. The van der Waals surface area contributed by atoms with E-state index in [-0.39, 0.29) is 5.84 Å². The number of anilines is 1. The van der Waals surface area contributed by atoms with Crippen molar-refractivity contribution >= 4 is 11.5 Å². The lowest BCUT2D eigenvalue weighted by Crippen LogP contribution is -2.24. The van der Waals surface area contributed by atoms with Crippen LogP contribution in [0.5, 0.6) is 5.75 Å². The van der Waals surface area contributed by atoms with Crippen LogP contribution in [0, 0.1) is 11.3 Å². The third-order valence-electron chi connectivity index (χ3n) is 3.82. The van der Waals surface area contributed by atoms with E-state index >= 15 is 0 Å². The van der Waals surface area contributed by atoms with Crippen LogP contribution in [-0.4, -0.2) is 26.0 Å². The van der Waals surface area contributed by atoms with Crippen LogP contribution in [0.2, 0.25) is 0 Å². The molecule has 0 aromatic heterocycles. The van der Waals surface area contributed by atoms with Gasteiger partial charge >= 0.3 is 0 Å². The molecule has 0 amide bonds. The lowest BCUT2D eigenvalue weighted by Gasteiger charge is -2.22. The summed E-state index contributed by atoms with van der Waals surface area (Å²) in [7, 11) is 1.66. The Balaban J connectivity index is 2.25. The molecule has 1 heterocycles. The van der Waals surface area contributed by atoms with Crippen LogP contribution < -0.4 is 15.4 Å². The predicted molar refractivity (Wildman–Crippen MR) is 79.2 cm³/mol. The molecule has 104 valence electrons. The Labute approximate surface area is 115 Å². The van der Waals surface area contributed by atoms with E-state index in [9.17, 15) is 0 Å². The summed E-state index contributed by atoms with van der Waals surface area (Å²) in [5.41, 5.74) is 7.52. The molecule has 4 heteroatoms. The summed E-state index contributed by atoms with van der Waals surface area (Å²) in [5, 5.41) is 7.71. The van der Waals surface area contributed by atoms with Crippen molar-refractivity contribution in [3.05, 3.63) is 23.8 Å². The SMILES string of the molecule is CCCC1CCN(c2cc(OC)ccc2C(=N)N)C1. The fourth-order valence-corrected chi connectivity index (χ4v) is 2.82. The Hall–Kier alpha value is -1.71. The highest BCUT2D eigenvalue weighted by Crippen LogP contribution is 2.31. The predicted octanol–water partition coefficient (Wildman–Crippen LogP) is 2.61. The second-order valence-electron chi connectivity index (χ2n) is 5.19. The molecule has 1 atom stereocenters. The molecule has 2 rings (SSSR count). The van der Waals surface area contributed by atoms with Gasteiger partial charge in [0.25, 0.3) is 0 Å². The minimum atomic E-state index is 0.122. The summed E-state index contributed by atoms with van der Waals surface area (Å²) in [6.45, 7) is 4.33. The van der Waals surface area contributed by atoms with Gasteiger partial charge in [-0.25, -0.2) is 0 Å². The first-order valence-corrected chi connectivity index (χ1v) is 6.93. The molecule has 1 aromatic carbocycles. The van der Waals surface area contributed by atoms with Crippen molar-refractivity contribution in [2.24, 2.45) is 11.7 Å². The number of hydrogen-bond acceptors (Lipinski definition) is 3. The lowest BCUT2D eigenvalue weighted by atomic mass is 10.0. The van der Waals surface area contributed by atoms with Gasteiger partial charge in [0, 0.05) is 24.7 Å². The molecule has 0 radical (unpaired) electrons. The fourth-order valence-electron chi connectivity index (χ4n) is 2.82. The number of nitrogens with two attached hydrogens (primary N) is 1. The number of nitrogens with zero attached hydrogens (tertiary/aromatic N) is 1. The quantitative estimate of drug-likeness (QED) is 0.632. The minimum absolute atomic E-state index is 0.122. The summed E-state index contributed by atoms with van der Waals surface area (Å²) in [6.07, 6.45) is 3.73. The molecule has 0 saturated carbocycles. The minimum Gasteiger partial charge on any atom is -0.497 e. The first kappa shape index (κ1) is 13.7. The number of benzene rings is 1. The summed E-state index contributed by atoms with van der Waals surface area (Å²) in [6, 6.07) is 5.73. The molecule has 0 bridgehead atoms. The number of hydrogen-bond donors (Lipinski definition) is 2. The third-order valence-corrected chi connectivity index (χ3v) is 3.82. The van der Waals surface area contributed by atoms with Gasteiger partial charge in [-0.2, -0.15) is 0 Å². The number of methoxy groups -OCH3 is 1. The first-order valence-electron chi connectivity index (χ1n) is 6.93. The third kappa shape index (κ3) is 3.00. The molecule has 1 aromatic rings. The second-order valence-corrected chi connectivity index (χ2v) is 5.19. The molecular formula is C15H23N3O. The van der Waals surface area contributed by atoms with Gasteiger partial charge in [-0.05, 0) is 30.9 Å². The number of nitrogens with one attached hydrogen (secondary N) is 1. The molecule has 1 saturated heterocycles. The zero-order valence-corrected chi connectivity index (χ0v) is 11.8. The van der Waals surface area contributed by atoms with E-state index in [4.69, 9.17) is 15.9 Å². The van der Waals surface area contributed by atoms with Crippen molar-refractivity contribution in [1.82, 2.24) is 0 Å². The van der Waals surface area contributed by atoms with Gasteiger partial charge in [0.1, 0.15) is 11.6 Å². The fraction of sp³-hybridized carbons (Fsp3) is 0.533. The Morgan fingerprint density at radius 3 is 2.95 bits per heavy atom. The van der Waals surface area contributed by atoms with Gasteiger partial charge in [-0.3, -0.25) is 5.41 Å². The summed E-state index contributed by atoms with van der Waals surface area (Å²) in [4.78, 5) is 2.33. The van der Waals surface area contributed by atoms with E-state index in [0.717, 1.165) is 36.0 Å². The zero-order chi connectivity index (χ0) is 13.8. The van der Waals surface area contributed by atoms with Crippen LogP contribution >= 0.6 is 0 Å². The Morgan fingerprint density at radius 2 is 2.32 bits per heavy atom. The monoisotopic (exact) mass is 261 g/mol. The van der Waals surface area contributed by atoms with E-state index in [2.05, 4.69) is 11.8 Å². The van der Waals surface area contributed by atoms with Crippen LogP contribution in [0.4, 0.5) is 5.69 Å². The molecule has 1 aliphatic heterocycles. The van der Waals surface area contributed by atoms with Gasteiger partial charge in [-0.15, -0.1) is 0 Å². The van der Waals surface area contributed by atoms with E-state index in [1.165, 1.54) is 19.3 Å². The topological polar surface area (TPSA) is 62.3 Å². The largest absolute Gasteiger partial charge is 0.497 e. The van der Waals surface area contributed by atoms with Crippen LogP contribution in [-0.2, 0) is 0 Å². The standard InChI is InChI=1S/C15H23N3O/c1-3-4-11-7-8-18(10-11)14-9-12(19-2)5-6-13(14)15(16)17/h5-6,9,11H,3-4,7-8,10H2,1-2H3,(H3,16,17). The maximum atomic E-state index is 7.71. The maximum absolute atomic E-state index is 7.71. The average molecular weight is 261 g/mol. The van der Waals surface area contributed by atoms with Crippen molar-refractivity contribution in [3.63, 3.8) is 0 Å². The van der Waals surface area contributed by atoms with Gasteiger partial charge in [-0.1, -0.05) is 13.3 Å². The molecular weight excluding hydrogens is 238 g/mol. The van der Waals surface area contributed by atoms with Crippen LogP contribution in [0.15, 0.2) is 18.2 Å². The van der Waals surface area contributed by atoms with Crippen molar-refractivity contribution in [2.75, 3.05) is 25.1 Å². The Kier molecular flexibility index (Phi) is 4.30. The summed E-state index contributed by atoms with van der Waals surface area (Å²) < 4.78 is 5.29. The molecule has 1 unspecified atom stereocenters. The number of amidine groups is 1. The highest BCUT2D eigenvalue weighted by molar-refractivity contribution is 6.00. The van der Waals surface area contributed by atoms with Crippen LogP contribution in [0.25, 0.3) is 0 Å². The highest BCUT2D eigenvalue weighted by Gasteiger charge is 2.24. The average Bonchev–Trinajstić information content (AvgIpc) is 2.87. The van der Waals surface area contributed by atoms with E-state index in [1.807, 2.05) is 18.2 Å². The number of nitrogen functional groups attached to an aromatic ring is 1. The first-order chi connectivity index (χ1) is 9.15. The Bertz CT molecular complexity index is 459. The van der Waals surface area contributed by atoms with E-state index in [0.29, 0.717) is 0 Å². The lowest BCUT2D eigenvalue weighted by molar-refractivity contribution is 0.415. The molecule has 1 aliphatic rings. The summed E-state index contributed by atoms with van der Waals surface area (Å²) in [5.74, 6) is 1.70. The molecule has 0 aliphatic carbocycles. The number of rotatable bonds is 5. The normalized spacial score (nSPS) is 18.6. The molecule has 0 spiro atoms. The van der Waals surface area contributed by atoms with Gasteiger partial charge in [0.2, 0.25) is 0 Å². The van der Waals surface area contributed by atoms with E-state index < -0.39 is 0 Å². The smallest absolute Gasteiger partial charge is 0.124 e. The van der Waals surface area contributed by atoms with E-state index in [1.54, 1.807) is 7.11 Å². The van der Waals surface area contributed by atoms with Crippen LogP contribution in [0.1, 0.15) is 31.7 Å². The van der Waals surface area contributed by atoms with Gasteiger partial charge < -0.3 is 15.4 Å². The molecule has 4 nitrogen and oxygen atoms in total. The number of ether oxygens (including phenoxy) is 1. The summed E-state index contributed by atoms with van der Waals surface area (Å²) >= 11 is 0. The Morgan fingerprint density at radius 1 is 1.53 bits per heavy atom. The van der Waals surface area contributed by atoms with Gasteiger partial charge in [0.15, 0.2) is 0 Å². The van der Waals surface area contributed by atoms with Crippen molar-refractivity contribution in [1.29, 1.82) is 5.41 Å². The highest BCUT2D eigenvalue weighted by atomic mass is 16.5. The zero-order valence-electron chi connectivity index (χ0n) is 11.8. The van der Waals surface area contributed by atoms with Crippen LogP contribution in [0.3, 0.4) is 0 Å². The van der Waals surface area contributed by atoms with Crippen molar-refractivity contribution in [3.8, 4) is 5.75 Å². The van der Waals surface area contributed by atoms with Crippen molar-refractivity contribution in [2.45, 2.75) is 26.2 Å². The molecule has 3 N–H and O–H groups in total. The van der Waals surface area contributed by atoms with Gasteiger partial charge in [0.05, 0.1) is 12.8 Å². The molecule has 1 fully saturated rings. The maximum Gasteiger partial charge on any atom is 0.124 e.